The minimum atomic E-state index is -0.761. The first-order chi connectivity index (χ1) is 27.6. The van der Waals surface area contributed by atoms with Crippen LogP contribution in [0.1, 0.15) is 47.9 Å². The highest BCUT2D eigenvalue weighted by Gasteiger charge is 2.56. The summed E-state index contributed by atoms with van der Waals surface area (Å²) in [4.78, 5) is 61.0. The van der Waals surface area contributed by atoms with Crippen molar-refractivity contribution in [1.29, 1.82) is 0 Å². The zero-order valence-corrected chi connectivity index (χ0v) is 33.1. The van der Waals surface area contributed by atoms with Crippen molar-refractivity contribution >= 4 is 23.9 Å². The lowest BCUT2D eigenvalue weighted by atomic mass is 9.86. The van der Waals surface area contributed by atoms with Gasteiger partial charge < -0.3 is 19.7 Å². The molecule has 4 saturated heterocycles. The Labute approximate surface area is 334 Å². The van der Waals surface area contributed by atoms with Crippen molar-refractivity contribution in [2.75, 3.05) is 47.4 Å². The van der Waals surface area contributed by atoms with E-state index in [2.05, 4.69) is 39.4 Å². The predicted molar refractivity (Wildman–Crippen MR) is 216 cm³/mol. The molecule has 4 fully saturated rings. The lowest BCUT2D eigenvalue weighted by molar-refractivity contribution is -0.135. The average molecular weight is 773 g/mol. The summed E-state index contributed by atoms with van der Waals surface area (Å²) in [5.74, 6) is 1.25. The lowest BCUT2D eigenvalue weighted by Gasteiger charge is -2.40. The van der Waals surface area contributed by atoms with Crippen molar-refractivity contribution in [1.82, 2.24) is 29.8 Å². The fourth-order valence-corrected chi connectivity index (χ4v) is 8.46. The molecule has 0 radical (unpaired) electrons. The van der Waals surface area contributed by atoms with Crippen LogP contribution < -0.4 is 14.8 Å². The van der Waals surface area contributed by atoms with E-state index in [0.29, 0.717) is 31.4 Å². The van der Waals surface area contributed by atoms with E-state index in [9.17, 15) is 19.2 Å². The molecule has 12 nitrogen and oxygen atoms in total. The molecular weight excluding hydrogens is 721 g/mol. The number of hydrogen-bond acceptors (Lipinski definition) is 8. The second-order valence-electron chi connectivity index (χ2n) is 15.4. The normalized spacial score (nSPS) is 19.2. The average Bonchev–Trinajstić information content (AvgIpc) is 3.56. The van der Waals surface area contributed by atoms with Gasteiger partial charge in [-0.15, -0.1) is 0 Å². The second kappa shape index (κ2) is 17.2. The van der Waals surface area contributed by atoms with Gasteiger partial charge in [-0.2, -0.15) is 0 Å². The number of rotatable bonds is 10. The van der Waals surface area contributed by atoms with E-state index in [-0.39, 0.29) is 37.0 Å². The third-order valence-electron chi connectivity index (χ3n) is 11.9. The number of nitrogens with zero attached hydrogens (tertiary/aromatic N) is 5. The first-order valence-electron chi connectivity index (χ1n) is 19.7. The van der Waals surface area contributed by atoms with Gasteiger partial charge >= 0.3 is 12.1 Å². The van der Waals surface area contributed by atoms with E-state index >= 15 is 0 Å². The summed E-state index contributed by atoms with van der Waals surface area (Å²) in [6, 6.07) is 35.1. The maximum atomic E-state index is 13.3. The van der Waals surface area contributed by atoms with Crippen LogP contribution in [0.15, 0.2) is 109 Å². The van der Waals surface area contributed by atoms with Gasteiger partial charge in [0.25, 0.3) is 11.8 Å². The van der Waals surface area contributed by atoms with Crippen LogP contribution in [0.2, 0.25) is 0 Å². The Kier molecular flexibility index (Phi) is 11.9. The number of amides is 6. The number of hydrogen-bond donors (Lipinski definition) is 1. The van der Waals surface area contributed by atoms with Crippen molar-refractivity contribution in [3.05, 3.63) is 131 Å². The van der Waals surface area contributed by atoms with Crippen molar-refractivity contribution < 1.29 is 28.7 Å². The summed E-state index contributed by atoms with van der Waals surface area (Å²) < 4.78 is 10.5. The Morgan fingerprint density at radius 2 is 1.00 bits per heavy atom. The van der Waals surface area contributed by atoms with Crippen LogP contribution in [-0.2, 0) is 35.8 Å². The summed E-state index contributed by atoms with van der Waals surface area (Å²) in [5.41, 5.74) is 2.82. The van der Waals surface area contributed by atoms with E-state index in [1.54, 1.807) is 26.2 Å². The molecule has 0 unspecified atom stereocenters. The Morgan fingerprint density at radius 1 is 0.544 bits per heavy atom. The Morgan fingerprint density at radius 3 is 1.49 bits per heavy atom. The van der Waals surface area contributed by atoms with E-state index in [1.165, 1.54) is 20.9 Å². The van der Waals surface area contributed by atoms with Crippen LogP contribution in [0, 0.1) is 0 Å². The number of carbonyl (C=O) groups excluding carboxylic acids is 4. The highest BCUT2D eigenvalue weighted by molar-refractivity contribution is 6.07. The second-order valence-corrected chi connectivity index (χ2v) is 15.4. The maximum Gasteiger partial charge on any atom is 0.327 e. The number of likely N-dealkylation sites (tertiary alicyclic amines) is 2. The molecule has 4 heterocycles. The molecule has 4 aromatic carbocycles. The molecule has 6 amide bonds. The number of methoxy groups -OCH3 is 2. The minimum absolute atomic E-state index is 0.0767. The summed E-state index contributed by atoms with van der Waals surface area (Å²) in [5, 5.41) is 2.98. The number of piperidine rings is 2. The van der Waals surface area contributed by atoms with Gasteiger partial charge in [-0.25, -0.2) is 9.59 Å². The van der Waals surface area contributed by atoms with Crippen LogP contribution in [0.5, 0.6) is 11.5 Å². The predicted octanol–water partition coefficient (Wildman–Crippen LogP) is 5.91. The number of likely N-dealkylation sites (N-methyl/N-ethyl adjacent to an activating group) is 1. The van der Waals surface area contributed by atoms with Crippen molar-refractivity contribution in [2.24, 2.45) is 0 Å². The van der Waals surface area contributed by atoms with E-state index < -0.39 is 11.1 Å². The summed E-state index contributed by atoms with van der Waals surface area (Å²) in [6.45, 7) is 5.44. The van der Waals surface area contributed by atoms with Gasteiger partial charge in [-0.05, 0) is 72.2 Å². The van der Waals surface area contributed by atoms with E-state index in [4.69, 9.17) is 9.47 Å². The molecule has 0 bridgehead atoms. The molecule has 1 N–H and O–H groups in total. The molecule has 4 aliphatic heterocycles. The van der Waals surface area contributed by atoms with Gasteiger partial charge in [0.1, 0.15) is 22.6 Å². The van der Waals surface area contributed by atoms with Crippen LogP contribution in [0.4, 0.5) is 9.59 Å². The number of ether oxygens (including phenoxy) is 2. The van der Waals surface area contributed by atoms with Gasteiger partial charge in [0, 0.05) is 46.3 Å². The molecule has 0 saturated carbocycles. The van der Waals surface area contributed by atoms with Crippen molar-refractivity contribution in [3.63, 3.8) is 0 Å². The Bertz CT molecular complexity index is 2050. The Hall–Kier alpha value is -5.72. The first kappa shape index (κ1) is 39.5. The first-order valence-corrected chi connectivity index (χ1v) is 19.7. The zero-order valence-electron chi connectivity index (χ0n) is 33.1. The molecule has 2 spiro atoms. The standard InChI is InChI=1S/C23H27N3O3.C22H25N3O3/c1-24-22(28)26(17-19-9-6-10-20(15-19)29-2)21(27)23(24)11-13-25(14-12-23)16-18-7-4-3-5-8-18;1-28-19-9-5-8-18(14-19)16-25-20(26)22(23-21(25)27)10-12-24(13-11-22)15-17-6-3-2-4-7-17/h3-10,15H,11-14,16-17H2,1-2H3;2-9,14H,10-13,15-16H2,1H3,(H,23,27). The van der Waals surface area contributed by atoms with Gasteiger partial charge in [-0.3, -0.25) is 29.2 Å². The summed E-state index contributed by atoms with van der Waals surface area (Å²) in [7, 11) is 4.97. The summed E-state index contributed by atoms with van der Waals surface area (Å²) in [6.07, 6.45) is 2.60. The molecule has 0 aliphatic carbocycles. The highest BCUT2D eigenvalue weighted by Crippen LogP contribution is 2.37. The molecule has 12 heteroatoms. The fraction of sp³-hybridized carbons (Fsp3) is 0.378. The summed E-state index contributed by atoms with van der Waals surface area (Å²) >= 11 is 0. The topological polar surface area (TPSA) is 115 Å². The van der Waals surface area contributed by atoms with Crippen molar-refractivity contribution in [2.45, 2.75) is 62.9 Å². The molecule has 8 rings (SSSR count). The third-order valence-corrected chi connectivity index (χ3v) is 11.9. The minimum Gasteiger partial charge on any atom is -0.497 e. The van der Waals surface area contributed by atoms with E-state index in [1.807, 2.05) is 84.9 Å². The molecule has 0 atom stereocenters. The quantitative estimate of drug-likeness (QED) is 0.198. The highest BCUT2D eigenvalue weighted by atomic mass is 16.5. The molecular formula is C45H52N6O6. The van der Waals surface area contributed by atoms with Gasteiger partial charge in [0.15, 0.2) is 0 Å². The number of carbonyl (C=O) groups is 4. The fourth-order valence-electron chi connectivity index (χ4n) is 8.46. The number of imide groups is 2. The molecule has 0 aromatic heterocycles. The number of urea groups is 2. The lowest BCUT2D eigenvalue weighted by Crippen LogP contribution is -2.55. The van der Waals surface area contributed by atoms with E-state index in [0.717, 1.165) is 56.1 Å². The van der Waals surface area contributed by atoms with Crippen LogP contribution >= 0.6 is 0 Å². The molecule has 4 aromatic rings. The van der Waals surface area contributed by atoms with Gasteiger partial charge in [0.2, 0.25) is 0 Å². The SMILES string of the molecule is COc1cccc(CN2C(=O)N(C)C3(CCN(Cc4ccccc4)CC3)C2=O)c1.COc1cccc(CN2C(=O)NC3(CCN(Cc4ccccc4)CC3)C2=O)c1. The zero-order chi connectivity index (χ0) is 40.0. The van der Waals surface area contributed by atoms with Crippen molar-refractivity contribution in [3.8, 4) is 11.5 Å². The Balaban J connectivity index is 0.000000174. The van der Waals surface area contributed by atoms with Gasteiger partial charge in [-0.1, -0.05) is 84.9 Å². The number of nitrogens with one attached hydrogen (secondary N) is 1. The molecule has 57 heavy (non-hydrogen) atoms. The molecule has 298 valence electrons. The number of benzene rings is 4. The largest absolute Gasteiger partial charge is 0.497 e. The maximum absolute atomic E-state index is 13.3. The third kappa shape index (κ3) is 8.52. The monoisotopic (exact) mass is 772 g/mol. The smallest absolute Gasteiger partial charge is 0.327 e. The molecule has 4 aliphatic rings. The van der Waals surface area contributed by atoms with Crippen LogP contribution in [0.25, 0.3) is 0 Å². The van der Waals surface area contributed by atoms with Gasteiger partial charge in [0.05, 0.1) is 27.3 Å². The van der Waals surface area contributed by atoms with Crippen LogP contribution in [0.3, 0.4) is 0 Å². The van der Waals surface area contributed by atoms with Crippen LogP contribution in [-0.4, -0.2) is 107 Å².